The first-order valence-electron chi connectivity index (χ1n) is 9.05. The van der Waals surface area contributed by atoms with E-state index in [1.807, 2.05) is 27.8 Å². The zero-order valence-corrected chi connectivity index (χ0v) is 14.9. The summed E-state index contributed by atoms with van der Waals surface area (Å²) in [7, 11) is 0. The molecule has 0 aliphatic carbocycles. The van der Waals surface area contributed by atoms with Gasteiger partial charge in [-0.1, -0.05) is 0 Å². The standard InChI is InChI=1S/C19H22N6O/c1-14(26)24-7-2-4-15(5-9-24)10-16-11-20-12-17(23-16)18-13-22-19-21-6-3-8-25(18)19/h3,6,8,11-13,15H,2,4-5,7,9-10H2,1H3/t15-/m0/s1. The van der Waals surface area contributed by atoms with Crippen molar-refractivity contribution in [2.75, 3.05) is 13.1 Å². The summed E-state index contributed by atoms with van der Waals surface area (Å²) in [5, 5.41) is 0. The van der Waals surface area contributed by atoms with Crippen molar-refractivity contribution >= 4 is 11.7 Å². The molecule has 0 N–H and O–H groups in total. The second-order valence-electron chi connectivity index (χ2n) is 6.84. The molecule has 0 spiro atoms. The van der Waals surface area contributed by atoms with Crippen LogP contribution in [0.3, 0.4) is 0 Å². The number of aromatic nitrogens is 5. The molecule has 1 aliphatic heterocycles. The quantitative estimate of drug-likeness (QED) is 0.725. The molecule has 3 aromatic rings. The van der Waals surface area contributed by atoms with Gasteiger partial charge in [-0.05, 0) is 37.7 Å². The second kappa shape index (κ2) is 7.19. The zero-order chi connectivity index (χ0) is 17.9. The lowest BCUT2D eigenvalue weighted by molar-refractivity contribution is -0.128. The minimum atomic E-state index is 0.175. The van der Waals surface area contributed by atoms with Gasteiger partial charge < -0.3 is 4.90 Å². The fourth-order valence-electron chi connectivity index (χ4n) is 3.63. The number of fused-ring (bicyclic) bond motifs is 1. The molecule has 26 heavy (non-hydrogen) atoms. The molecule has 1 aliphatic rings. The molecule has 4 heterocycles. The molecule has 3 aromatic heterocycles. The average molecular weight is 350 g/mol. The summed E-state index contributed by atoms with van der Waals surface area (Å²) in [6.07, 6.45) is 13.1. The van der Waals surface area contributed by atoms with Gasteiger partial charge in [0.2, 0.25) is 11.7 Å². The van der Waals surface area contributed by atoms with E-state index in [4.69, 9.17) is 4.98 Å². The third kappa shape index (κ3) is 3.42. The average Bonchev–Trinajstić information content (AvgIpc) is 2.94. The Morgan fingerprint density at radius 2 is 2.12 bits per heavy atom. The number of rotatable bonds is 3. The number of nitrogens with zero attached hydrogens (tertiary/aromatic N) is 6. The van der Waals surface area contributed by atoms with Crippen molar-refractivity contribution in [1.82, 2.24) is 29.2 Å². The molecule has 1 atom stereocenters. The van der Waals surface area contributed by atoms with E-state index in [9.17, 15) is 4.79 Å². The Kier molecular flexibility index (Phi) is 4.60. The Hall–Kier alpha value is -2.83. The summed E-state index contributed by atoms with van der Waals surface area (Å²) in [6, 6.07) is 1.88. The fraction of sp³-hybridized carbons (Fsp3) is 0.421. The first-order valence-corrected chi connectivity index (χ1v) is 9.05. The Bertz CT molecular complexity index is 921. The zero-order valence-electron chi connectivity index (χ0n) is 14.9. The van der Waals surface area contributed by atoms with E-state index >= 15 is 0 Å². The van der Waals surface area contributed by atoms with Gasteiger partial charge in [-0.25, -0.2) is 15.0 Å². The van der Waals surface area contributed by atoms with Crippen LogP contribution in [0.15, 0.2) is 37.1 Å². The van der Waals surface area contributed by atoms with E-state index in [0.29, 0.717) is 11.7 Å². The highest BCUT2D eigenvalue weighted by atomic mass is 16.2. The summed E-state index contributed by atoms with van der Waals surface area (Å²) < 4.78 is 1.92. The number of carbonyl (C=O) groups excluding carboxylic acids is 1. The van der Waals surface area contributed by atoms with Gasteiger partial charge in [0.15, 0.2) is 0 Å². The van der Waals surface area contributed by atoms with E-state index in [-0.39, 0.29) is 5.91 Å². The third-order valence-corrected chi connectivity index (χ3v) is 5.03. The Morgan fingerprint density at radius 3 is 3.00 bits per heavy atom. The SMILES string of the molecule is CC(=O)N1CCC[C@H](Cc2cncc(-c3cnc4ncccn34)n2)CC1. The van der Waals surface area contributed by atoms with Crippen molar-refractivity contribution in [3.05, 3.63) is 42.7 Å². The molecule has 0 aromatic carbocycles. The Labute approximate surface area is 152 Å². The predicted molar refractivity (Wildman–Crippen MR) is 97.3 cm³/mol. The lowest BCUT2D eigenvalue weighted by Crippen LogP contribution is -2.29. The van der Waals surface area contributed by atoms with Crippen molar-refractivity contribution in [1.29, 1.82) is 0 Å². The molecule has 0 saturated carbocycles. The van der Waals surface area contributed by atoms with Crippen LogP contribution in [0.5, 0.6) is 0 Å². The lowest BCUT2D eigenvalue weighted by Gasteiger charge is -2.18. The van der Waals surface area contributed by atoms with Crippen LogP contribution in [0.4, 0.5) is 0 Å². The van der Waals surface area contributed by atoms with Crippen LogP contribution in [0.2, 0.25) is 0 Å². The first-order chi connectivity index (χ1) is 12.7. The van der Waals surface area contributed by atoms with Gasteiger partial charge in [0.05, 0.1) is 23.8 Å². The summed E-state index contributed by atoms with van der Waals surface area (Å²) in [6.45, 7) is 3.36. The molecule has 4 rings (SSSR count). The third-order valence-electron chi connectivity index (χ3n) is 5.03. The van der Waals surface area contributed by atoms with Crippen LogP contribution >= 0.6 is 0 Å². The molecule has 0 bridgehead atoms. The predicted octanol–water partition coefficient (Wildman–Crippen LogP) is 2.38. The van der Waals surface area contributed by atoms with Crippen LogP contribution in [0.1, 0.15) is 31.9 Å². The highest BCUT2D eigenvalue weighted by Crippen LogP contribution is 2.23. The smallest absolute Gasteiger partial charge is 0.234 e. The minimum absolute atomic E-state index is 0.175. The van der Waals surface area contributed by atoms with Crippen LogP contribution in [-0.2, 0) is 11.2 Å². The van der Waals surface area contributed by atoms with E-state index in [1.54, 1.807) is 25.5 Å². The van der Waals surface area contributed by atoms with E-state index in [2.05, 4.69) is 15.0 Å². The maximum atomic E-state index is 11.6. The molecule has 0 radical (unpaired) electrons. The van der Waals surface area contributed by atoms with E-state index in [1.165, 1.54) is 0 Å². The van der Waals surface area contributed by atoms with Crippen LogP contribution in [0.25, 0.3) is 17.2 Å². The molecule has 134 valence electrons. The maximum absolute atomic E-state index is 11.6. The molecule has 1 saturated heterocycles. The molecule has 0 unspecified atom stereocenters. The first kappa shape index (κ1) is 16.6. The number of imidazole rings is 1. The summed E-state index contributed by atoms with van der Waals surface area (Å²) in [4.78, 5) is 31.3. The molecule has 7 nitrogen and oxygen atoms in total. The number of likely N-dealkylation sites (tertiary alicyclic amines) is 1. The summed E-state index contributed by atoms with van der Waals surface area (Å²) >= 11 is 0. The lowest BCUT2D eigenvalue weighted by atomic mass is 9.95. The van der Waals surface area contributed by atoms with Gasteiger partial charge >= 0.3 is 0 Å². The van der Waals surface area contributed by atoms with Crippen molar-refractivity contribution in [3.63, 3.8) is 0 Å². The highest BCUT2D eigenvalue weighted by Gasteiger charge is 2.19. The number of amides is 1. The van der Waals surface area contributed by atoms with Crippen molar-refractivity contribution in [3.8, 4) is 11.4 Å². The van der Waals surface area contributed by atoms with Crippen molar-refractivity contribution < 1.29 is 4.79 Å². The Balaban J connectivity index is 1.52. The number of carbonyl (C=O) groups is 1. The molecule has 1 fully saturated rings. The second-order valence-corrected chi connectivity index (χ2v) is 6.84. The van der Waals surface area contributed by atoms with Gasteiger partial charge in [0.25, 0.3) is 0 Å². The van der Waals surface area contributed by atoms with Crippen LogP contribution in [-0.4, -0.2) is 48.2 Å². The number of hydrogen-bond acceptors (Lipinski definition) is 5. The normalized spacial score (nSPS) is 18.0. The molecular weight excluding hydrogens is 328 g/mol. The highest BCUT2D eigenvalue weighted by molar-refractivity contribution is 5.73. The summed E-state index contributed by atoms with van der Waals surface area (Å²) in [5.74, 6) is 1.37. The fourth-order valence-corrected chi connectivity index (χ4v) is 3.63. The monoisotopic (exact) mass is 350 g/mol. The minimum Gasteiger partial charge on any atom is -0.343 e. The van der Waals surface area contributed by atoms with Gasteiger partial charge in [-0.15, -0.1) is 0 Å². The van der Waals surface area contributed by atoms with Crippen LogP contribution in [0, 0.1) is 5.92 Å². The van der Waals surface area contributed by atoms with Gasteiger partial charge in [-0.2, -0.15) is 0 Å². The van der Waals surface area contributed by atoms with E-state index in [0.717, 1.165) is 55.9 Å². The van der Waals surface area contributed by atoms with Gasteiger partial charge in [-0.3, -0.25) is 14.2 Å². The largest absolute Gasteiger partial charge is 0.343 e. The van der Waals surface area contributed by atoms with E-state index < -0.39 is 0 Å². The maximum Gasteiger partial charge on any atom is 0.234 e. The summed E-state index contributed by atoms with van der Waals surface area (Å²) in [5.41, 5.74) is 2.69. The van der Waals surface area contributed by atoms with Gasteiger partial charge in [0.1, 0.15) is 5.69 Å². The van der Waals surface area contributed by atoms with Crippen molar-refractivity contribution in [2.45, 2.75) is 32.6 Å². The Morgan fingerprint density at radius 1 is 1.19 bits per heavy atom. The number of hydrogen-bond donors (Lipinski definition) is 0. The van der Waals surface area contributed by atoms with Crippen molar-refractivity contribution in [2.24, 2.45) is 5.92 Å². The molecule has 1 amide bonds. The molecular formula is C19H22N6O. The molecule has 7 heteroatoms. The van der Waals surface area contributed by atoms with Crippen LogP contribution < -0.4 is 0 Å². The topological polar surface area (TPSA) is 76.3 Å². The van der Waals surface area contributed by atoms with Gasteiger partial charge in [0, 0.05) is 38.6 Å².